The molecule has 0 radical (unpaired) electrons. The fourth-order valence-corrected chi connectivity index (χ4v) is 3.19. The number of pyridine rings is 1. The largest absolute Gasteiger partial charge is 0.477 e. The summed E-state index contributed by atoms with van der Waals surface area (Å²) in [6.07, 6.45) is 2.07. The fourth-order valence-electron chi connectivity index (χ4n) is 3.19. The van der Waals surface area contributed by atoms with Crippen LogP contribution in [-0.2, 0) is 15.7 Å². The molecular weight excluding hydrogens is 417 g/mol. The van der Waals surface area contributed by atoms with E-state index in [9.17, 15) is 27.5 Å². The number of fused-ring (bicyclic) bond motifs is 1. The third-order valence-corrected chi connectivity index (χ3v) is 4.48. The van der Waals surface area contributed by atoms with Crippen molar-refractivity contribution in [2.75, 3.05) is 37.3 Å². The number of hydrogen-bond donors (Lipinski definition) is 3. The summed E-state index contributed by atoms with van der Waals surface area (Å²) >= 11 is 0. The summed E-state index contributed by atoms with van der Waals surface area (Å²) in [5.74, 6) is -1.81. The Hall–Kier alpha value is -2.50. The molecule has 1 aliphatic rings. The lowest BCUT2D eigenvalue weighted by Crippen LogP contribution is -2.44. The van der Waals surface area contributed by atoms with E-state index in [1.54, 1.807) is 10.6 Å². The summed E-state index contributed by atoms with van der Waals surface area (Å²) in [5.41, 5.74) is -0.494. The molecular formula is C19H26FN3O6S. The first-order valence-electron chi connectivity index (χ1n) is 9.21. The van der Waals surface area contributed by atoms with E-state index in [-0.39, 0.29) is 10.9 Å². The Kier molecular flexibility index (Phi) is 6.90. The number of nitrogens with one attached hydrogen (secondary N) is 1. The highest BCUT2D eigenvalue weighted by Crippen LogP contribution is 2.28. The van der Waals surface area contributed by atoms with Crippen LogP contribution in [-0.4, -0.2) is 61.0 Å². The van der Waals surface area contributed by atoms with Crippen molar-refractivity contribution in [1.29, 1.82) is 0 Å². The van der Waals surface area contributed by atoms with Crippen molar-refractivity contribution in [2.45, 2.75) is 26.3 Å². The van der Waals surface area contributed by atoms with E-state index >= 15 is 0 Å². The van der Waals surface area contributed by atoms with Gasteiger partial charge < -0.3 is 19.9 Å². The van der Waals surface area contributed by atoms with Crippen molar-refractivity contribution in [3.63, 3.8) is 0 Å². The van der Waals surface area contributed by atoms with Crippen molar-refractivity contribution in [1.82, 2.24) is 9.88 Å². The maximum absolute atomic E-state index is 14.7. The highest BCUT2D eigenvalue weighted by molar-refractivity contribution is 7.85. The molecule has 0 spiro atoms. The summed E-state index contributed by atoms with van der Waals surface area (Å²) in [6, 6.07) is 2.83. The molecule has 0 unspecified atom stereocenters. The zero-order valence-electron chi connectivity index (χ0n) is 17.3. The van der Waals surface area contributed by atoms with E-state index in [0.29, 0.717) is 30.5 Å². The van der Waals surface area contributed by atoms with Crippen molar-refractivity contribution in [3.05, 3.63) is 39.9 Å². The average Bonchev–Trinajstić information content (AvgIpc) is 2.60. The van der Waals surface area contributed by atoms with Gasteiger partial charge in [0, 0.05) is 43.3 Å². The number of carboxylic acids is 1. The lowest BCUT2D eigenvalue weighted by atomic mass is 10.0. The van der Waals surface area contributed by atoms with Crippen LogP contribution in [0.5, 0.6) is 0 Å². The Balaban J connectivity index is 0.000000575. The molecule has 1 fully saturated rings. The molecule has 2 heterocycles. The van der Waals surface area contributed by atoms with Crippen LogP contribution in [0.4, 0.5) is 10.1 Å². The topological polar surface area (TPSA) is 129 Å². The van der Waals surface area contributed by atoms with Gasteiger partial charge in [0.05, 0.1) is 17.5 Å². The number of carbonyl (C=O) groups is 1. The number of aromatic nitrogens is 1. The van der Waals surface area contributed by atoms with Crippen LogP contribution in [0.25, 0.3) is 10.9 Å². The van der Waals surface area contributed by atoms with Gasteiger partial charge in [-0.25, -0.2) is 9.18 Å². The summed E-state index contributed by atoms with van der Waals surface area (Å²) in [6.45, 7) is 8.62. The Labute approximate surface area is 173 Å². The summed E-state index contributed by atoms with van der Waals surface area (Å²) < 4.78 is 42.3. The van der Waals surface area contributed by atoms with Crippen LogP contribution in [0.3, 0.4) is 0 Å². The van der Waals surface area contributed by atoms with Gasteiger partial charge >= 0.3 is 5.97 Å². The second-order valence-corrected chi connectivity index (χ2v) is 9.47. The standard InChI is InChI=1S/C18H22FN3O3.CH4O3S/c1-18(2,3)22-10-12(17(24)25)16(23)11-8-13(19)15(9-14(11)22)21-6-4-20-5-7-21;1-5(2,3)4/h8-10,20H,4-7H2,1-3H3,(H,24,25);1H3,(H,2,3,4). The predicted molar refractivity (Wildman–Crippen MR) is 113 cm³/mol. The zero-order valence-corrected chi connectivity index (χ0v) is 18.1. The lowest BCUT2D eigenvalue weighted by molar-refractivity contribution is 0.0694. The van der Waals surface area contributed by atoms with E-state index in [1.165, 1.54) is 12.3 Å². The number of aromatic carboxylic acids is 1. The lowest BCUT2D eigenvalue weighted by Gasteiger charge is -2.31. The number of piperazine rings is 1. The van der Waals surface area contributed by atoms with Gasteiger partial charge in [-0.1, -0.05) is 0 Å². The van der Waals surface area contributed by atoms with Crippen molar-refractivity contribution in [2.24, 2.45) is 0 Å². The number of halogens is 1. The molecule has 1 saturated heterocycles. The van der Waals surface area contributed by atoms with E-state index in [1.807, 2.05) is 25.7 Å². The molecule has 9 nitrogen and oxygen atoms in total. The van der Waals surface area contributed by atoms with Gasteiger partial charge in [0.15, 0.2) is 0 Å². The number of carboxylic acid groups (broad SMARTS) is 1. The van der Waals surface area contributed by atoms with Crippen LogP contribution in [0.2, 0.25) is 0 Å². The van der Waals surface area contributed by atoms with Crippen LogP contribution >= 0.6 is 0 Å². The van der Waals surface area contributed by atoms with Crippen LogP contribution in [0, 0.1) is 5.82 Å². The third kappa shape index (κ3) is 5.77. The molecule has 30 heavy (non-hydrogen) atoms. The quantitative estimate of drug-likeness (QED) is 0.596. The first kappa shape index (κ1) is 23.8. The summed E-state index contributed by atoms with van der Waals surface area (Å²) in [5, 5.41) is 12.6. The van der Waals surface area contributed by atoms with Gasteiger partial charge in [0.25, 0.3) is 10.1 Å². The van der Waals surface area contributed by atoms with Crippen LogP contribution in [0.15, 0.2) is 23.1 Å². The van der Waals surface area contributed by atoms with Crippen molar-refractivity contribution in [3.8, 4) is 0 Å². The van der Waals surface area contributed by atoms with Gasteiger partial charge in [-0.05, 0) is 32.9 Å². The minimum atomic E-state index is -3.67. The predicted octanol–water partition coefficient (Wildman–Crippen LogP) is 1.51. The molecule has 2 aromatic rings. The normalized spacial score (nSPS) is 14.9. The minimum absolute atomic E-state index is 0.0891. The number of nitrogens with zero attached hydrogens (tertiary/aromatic N) is 2. The molecule has 0 saturated carbocycles. The van der Waals surface area contributed by atoms with Gasteiger partial charge in [-0.2, -0.15) is 8.42 Å². The summed E-state index contributed by atoms with van der Waals surface area (Å²) in [4.78, 5) is 25.9. The number of benzene rings is 1. The second kappa shape index (κ2) is 8.70. The van der Waals surface area contributed by atoms with Crippen molar-refractivity contribution < 1.29 is 27.3 Å². The molecule has 11 heteroatoms. The molecule has 1 aromatic carbocycles. The monoisotopic (exact) mass is 443 g/mol. The second-order valence-electron chi connectivity index (χ2n) is 8.01. The Morgan fingerprint density at radius 3 is 2.20 bits per heavy atom. The third-order valence-electron chi connectivity index (χ3n) is 4.48. The van der Waals surface area contributed by atoms with Crippen molar-refractivity contribution >= 4 is 32.7 Å². The van der Waals surface area contributed by atoms with E-state index < -0.39 is 32.9 Å². The zero-order chi connectivity index (χ0) is 22.9. The van der Waals surface area contributed by atoms with Crippen LogP contribution < -0.4 is 15.6 Å². The number of anilines is 1. The number of hydrogen-bond acceptors (Lipinski definition) is 6. The molecule has 1 aliphatic heterocycles. The van der Waals surface area contributed by atoms with Gasteiger partial charge in [0.1, 0.15) is 11.4 Å². The van der Waals surface area contributed by atoms with E-state index in [4.69, 9.17) is 4.55 Å². The molecule has 0 bridgehead atoms. The van der Waals surface area contributed by atoms with Gasteiger partial charge in [0.2, 0.25) is 5.43 Å². The average molecular weight is 443 g/mol. The molecule has 0 aliphatic carbocycles. The smallest absolute Gasteiger partial charge is 0.341 e. The maximum atomic E-state index is 14.7. The molecule has 3 N–H and O–H groups in total. The van der Waals surface area contributed by atoms with E-state index in [0.717, 1.165) is 13.1 Å². The van der Waals surface area contributed by atoms with Crippen LogP contribution in [0.1, 0.15) is 31.1 Å². The maximum Gasteiger partial charge on any atom is 0.341 e. The van der Waals surface area contributed by atoms with E-state index in [2.05, 4.69) is 5.32 Å². The highest BCUT2D eigenvalue weighted by atomic mass is 32.2. The number of rotatable bonds is 2. The van der Waals surface area contributed by atoms with Gasteiger partial charge in [-0.3, -0.25) is 9.35 Å². The first-order chi connectivity index (χ1) is 13.7. The SMILES string of the molecule is CC(C)(C)n1cc(C(=O)O)c(=O)c2cc(F)c(N3CCNCC3)cc21.CS(=O)(=O)O. The molecule has 166 valence electrons. The fraction of sp³-hybridized carbons (Fsp3) is 0.474. The summed E-state index contributed by atoms with van der Waals surface area (Å²) in [7, 11) is -3.67. The highest BCUT2D eigenvalue weighted by Gasteiger charge is 2.24. The molecule has 3 rings (SSSR count). The Bertz CT molecular complexity index is 1110. The first-order valence-corrected chi connectivity index (χ1v) is 11.1. The minimum Gasteiger partial charge on any atom is -0.477 e. The van der Waals surface area contributed by atoms with Gasteiger partial charge in [-0.15, -0.1) is 0 Å². The molecule has 0 atom stereocenters. The Morgan fingerprint density at radius 1 is 1.20 bits per heavy atom. The Morgan fingerprint density at radius 2 is 1.73 bits per heavy atom. The molecule has 1 aromatic heterocycles. The molecule has 0 amide bonds.